The van der Waals surface area contributed by atoms with Crippen LogP contribution in [0.25, 0.3) is 0 Å². The molecule has 0 aliphatic heterocycles. The molecule has 4 fully saturated rings. The van der Waals surface area contributed by atoms with Gasteiger partial charge in [-0.15, -0.1) is 0 Å². The van der Waals surface area contributed by atoms with Crippen molar-refractivity contribution in [2.75, 3.05) is 0 Å². The van der Waals surface area contributed by atoms with Gasteiger partial charge < -0.3 is 0 Å². The minimum atomic E-state index is 0.525. The van der Waals surface area contributed by atoms with Crippen LogP contribution in [-0.4, -0.2) is 5.78 Å². The predicted molar refractivity (Wildman–Crippen MR) is 39.9 cm³/mol. The van der Waals surface area contributed by atoms with Crippen molar-refractivity contribution < 1.29 is 4.79 Å². The standard InChI is InChI=1S/C10H12O/c11-9-5-1-6-2-7-3-8(9)10(6,7)4-5/h5-8H,1-4H2. The molecular formula is C10H12O. The van der Waals surface area contributed by atoms with E-state index in [0.29, 0.717) is 23.0 Å². The van der Waals surface area contributed by atoms with Crippen LogP contribution in [0.15, 0.2) is 0 Å². The summed E-state index contributed by atoms with van der Waals surface area (Å²) in [6.07, 6.45) is 5.31. The first-order chi connectivity index (χ1) is 5.32. The molecule has 58 valence electrons. The Kier molecular flexibility index (Phi) is 0.580. The van der Waals surface area contributed by atoms with Gasteiger partial charge in [0, 0.05) is 11.8 Å². The van der Waals surface area contributed by atoms with Gasteiger partial charge in [-0.3, -0.25) is 4.79 Å². The van der Waals surface area contributed by atoms with Gasteiger partial charge in [-0.2, -0.15) is 0 Å². The van der Waals surface area contributed by atoms with Gasteiger partial charge >= 0.3 is 0 Å². The van der Waals surface area contributed by atoms with E-state index in [9.17, 15) is 4.79 Å². The summed E-state index contributed by atoms with van der Waals surface area (Å²) in [5.74, 6) is 3.72. The largest absolute Gasteiger partial charge is 0.299 e. The summed E-state index contributed by atoms with van der Waals surface area (Å²) in [4.78, 5) is 11.6. The summed E-state index contributed by atoms with van der Waals surface area (Å²) in [7, 11) is 0. The normalized spacial score (nSPS) is 68.9. The molecule has 2 bridgehead atoms. The van der Waals surface area contributed by atoms with E-state index < -0.39 is 0 Å². The Balaban J connectivity index is 1.93. The number of carbonyl (C=O) groups excluding carboxylic acids is 1. The molecule has 0 heterocycles. The first-order valence-electron chi connectivity index (χ1n) is 4.86. The van der Waals surface area contributed by atoms with Gasteiger partial charge in [-0.1, -0.05) is 0 Å². The van der Waals surface area contributed by atoms with Gasteiger partial charge in [0.05, 0.1) is 0 Å². The minimum Gasteiger partial charge on any atom is -0.299 e. The number of hydrogen-bond acceptors (Lipinski definition) is 1. The van der Waals surface area contributed by atoms with E-state index in [0.717, 1.165) is 11.8 Å². The molecule has 0 aromatic rings. The summed E-state index contributed by atoms with van der Waals surface area (Å²) in [6.45, 7) is 0. The first kappa shape index (κ1) is 5.34. The van der Waals surface area contributed by atoms with E-state index in [1.54, 1.807) is 0 Å². The molecule has 1 nitrogen and oxygen atoms in total. The zero-order valence-corrected chi connectivity index (χ0v) is 6.55. The monoisotopic (exact) mass is 148 g/mol. The average Bonchev–Trinajstić information content (AvgIpc) is 2.42. The Bertz CT molecular complexity index is 270. The maximum Gasteiger partial charge on any atom is 0.139 e. The Morgan fingerprint density at radius 2 is 2.00 bits per heavy atom. The molecule has 0 aromatic carbocycles. The molecule has 4 saturated carbocycles. The molecule has 0 radical (unpaired) electrons. The third-order valence-electron chi connectivity index (χ3n) is 5.17. The van der Waals surface area contributed by atoms with Crippen molar-refractivity contribution in [3.8, 4) is 0 Å². The number of rotatable bonds is 0. The number of hydrogen-bond donors (Lipinski definition) is 0. The molecule has 4 aliphatic carbocycles. The van der Waals surface area contributed by atoms with Gasteiger partial charge in [-0.25, -0.2) is 0 Å². The third kappa shape index (κ3) is 0.312. The smallest absolute Gasteiger partial charge is 0.139 e. The van der Waals surface area contributed by atoms with Crippen molar-refractivity contribution in [1.29, 1.82) is 0 Å². The summed E-state index contributed by atoms with van der Waals surface area (Å²) in [5.41, 5.74) is 0.627. The highest BCUT2D eigenvalue weighted by molar-refractivity contribution is 5.90. The fourth-order valence-electron chi connectivity index (χ4n) is 4.71. The fourth-order valence-corrected chi connectivity index (χ4v) is 4.71. The lowest BCUT2D eigenvalue weighted by Gasteiger charge is -2.65. The molecule has 4 aliphatic rings. The number of carbonyl (C=O) groups is 1. The zero-order chi connectivity index (χ0) is 7.22. The molecule has 5 atom stereocenters. The molecule has 5 unspecified atom stereocenters. The van der Waals surface area contributed by atoms with Crippen LogP contribution in [0.5, 0.6) is 0 Å². The Hall–Kier alpha value is -0.330. The number of Topliss-reactive ketones (excluding diaryl/α,β-unsaturated/α-hetero) is 1. The van der Waals surface area contributed by atoms with Crippen LogP contribution in [0.2, 0.25) is 0 Å². The SMILES string of the molecule is O=C1C2CC3CC4CC1C34C2. The summed E-state index contributed by atoms with van der Waals surface area (Å²) >= 11 is 0. The molecule has 1 spiro atoms. The van der Waals surface area contributed by atoms with Gasteiger partial charge in [0.25, 0.3) is 0 Å². The van der Waals surface area contributed by atoms with Crippen LogP contribution in [0.1, 0.15) is 25.7 Å². The van der Waals surface area contributed by atoms with Gasteiger partial charge in [0.15, 0.2) is 0 Å². The summed E-state index contributed by atoms with van der Waals surface area (Å²) in [5, 5.41) is 0. The lowest BCUT2D eigenvalue weighted by molar-refractivity contribution is -0.182. The summed E-state index contributed by atoms with van der Waals surface area (Å²) < 4.78 is 0. The van der Waals surface area contributed by atoms with E-state index in [1.807, 2.05) is 0 Å². The minimum absolute atomic E-state index is 0.525. The number of ketones is 1. The summed E-state index contributed by atoms with van der Waals surface area (Å²) in [6, 6.07) is 0. The van der Waals surface area contributed by atoms with Crippen molar-refractivity contribution in [1.82, 2.24) is 0 Å². The maximum absolute atomic E-state index is 11.6. The van der Waals surface area contributed by atoms with Gasteiger partial charge in [0.1, 0.15) is 5.78 Å². The number of fused-ring (bicyclic) bond motifs is 1. The van der Waals surface area contributed by atoms with E-state index in [-0.39, 0.29) is 0 Å². The predicted octanol–water partition coefficient (Wildman–Crippen LogP) is 1.62. The van der Waals surface area contributed by atoms with Gasteiger partial charge in [-0.05, 0) is 42.9 Å². The maximum atomic E-state index is 11.6. The van der Waals surface area contributed by atoms with Crippen LogP contribution < -0.4 is 0 Å². The molecule has 0 amide bonds. The van der Waals surface area contributed by atoms with Crippen LogP contribution in [0, 0.1) is 29.1 Å². The molecule has 0 saturated heterocycles. The lowest BCUT2D eigenvalue weighted by atomic mass is 9.38. The molecular weight excluding hydrogens is 136 g/mol. The van der Waals surface area contributed by atoms with E-state index in [2.05, 4.69) is 0 Å². The van der Waals surface area contributed by atoms with Crippen molar-refractivity contribution in [2.45, 2.75) is 25.7 Å². The van der Waals surface area contributed by atoms with Crippen LogP contribution in [-0.2, 0) is 4.79 Å². The van der Waals surface area contributed by atoms with E-state index in [4.69, 9.17) is 0 Å². The Morgan fingerprint density at radius 1 is 1.18 bits per heavy atom. The molecule has 1 heteroatoms. The van der Waals surface area contributed by atoms with Crippen molar-refractivity contribution in [3.63, 3.8) is 0 Å². The Morgan fingerprint density at radius 3 is 2.64 bits per heavy atom. The third-order valence-corrected chi connectivity index (χ3v) is 5.17. The van der Waals surface area contributed by atoms with Crippen molar-refractivity contribution in [3.05, 3.63) is 0 Å². The quantitative estimate of drug-likeness (QED) is 0.510. The molecule has 0 aromatic heterocycles. The molecule has 4 rings (SSSR count). The van der Waals surface area contributed by atoms with Crippen molar-refractivity contribution in [2.24, 2.45) is 29.1 Å². The van der Waals surface area contributed by atoms with Crippen LogP contribution in [0.4, 0.5) is 0 Å². The van der Waals surface area contributed by atoms with Crippen molar-refractivity contribution >= 4 is 5.78 Å². The van der Waals surface area contributed by atoms with Gasteiger partial charge in [0.2, 0.25) is 0 Å². The Labute approximate surface area is 66.2 Å². The van der Waals surface area contributed by atoms with Crippen LogP contribution >= 0.6 is 0 Å². The zero-order valence-electron chi connectivity index (χ0n) is 6.55. The second-order valence-electron chi connectivity index (χ2n) is 5.07. The lowest BCUT2D eigenvalue weighted by Crippen LogP contribution is -2.61. The second-order valence-corrected chi connectivity index (χ2v) is 5.07. The molecule has 0 N–H and O–H groups in total. The topological polar surface area (TPSA) is 17.1 Å². The van der Waals surface area contributed by atoms with Crippen LogP contribution in [0.3, 0.4) is 0 Å². The second kappa shape index (κ2) is 1.19. The highest BCUT2D eigenvalue weighted by atomic mass is 16.1. The van der Waals surface area contributed by atoms with E-state index >= 15 is 0 Å². The highest BCUT2D eigenvalue weighted by Crippen LogP contribution is 2.79. The first-order valence-corrected chi connectivity index (χ1v) is 4.86. The highest BCUT2D eigenvalue weighted by Gasteiger charge is 2.76. The fraction of sp³-hybridized carbons (Fsp3) is 0.900. The molecule has 11 heavy (non-hydrogen) atoms. The van der Waals surface area contributed by atoms with E-state index in [1.165, 1.54) is 25.7 Å². The average molecular weight is 148 g/mol.